The van der Waals surface area contributed by atoms with Crippen LogP contribution in [-0.2, 0) is 32.2 Å². The molecule has 4 atom stereocenters. The molecule has 0 radical (unpaired) electrons. The quantitative estimate of drug-likeness (QED) is 0.135. The van der Waals surface area contributed by atoms with E-state index in [1.807, 2.05) is 0 Å². The first-order valence-corrected chi connectivity index (χ1v) is 11.4. The number of fused-ring (bicyclic) bond motifs is 3. The van der Waals surface area contributed by atoms with Crippen LogP contribution in [0.3, 0.4) is 0 Å². The number of nitrogens with two attached hydrogens (primary N) is 1. The molecule has 3 aliphatic rings. The number of aromatic hydroxyl groups is 1. The normalized spacial score (nSPS) is 27.2. The number of allylic oxidation sites excluding steroid dienone is 1. The fourth-order valence-corrected chi connectivity index (χ4v) is 5.72. The maximum Gasteiger partial charge on any atom is 0.331 e. The second-order valence-corrected chi connectivity index (χ2v) is 9.56. The van der Waals surface area contributed by atoms with E-state index in [0.717, 1.165) is 0 Å². The fraction of sp³-hybridized carbons (Fsp3) is 0.417. The van der Waals surface area contributed by atoms with Gasteiger partial charge in [0.1, 0.15) is 22.8 Å². The summed E-state index contributed by atoms with van der Waals surface area (Å²) in [4.78, 5) is 55.8. The molecule has 0 aliphatic heterocycles. The number of phenols is 1. The molecule has 8 N–H and O–H groups in total. The number of aliphatic hydroxyl groups excluding tert-OH is 2. The van der Waals surface area contributed by atoms with Gasteiger partial charge in [0.15, 0.2) is 18.0 Å². The van der Waals surface area contributed by atoms with Gasteiger partial charge in [-0.25, -0.2) is 4.79 Å². The summed E-state index contributed by atoms with van der Waals surface area (Å²) in [5, 5.41) is 52.8. The lowest BCUT2D eigenvalue weighted by Gasteiger charge is -2.50. The van der Waals surface area contributed by atoms with Crippen LogP contribution >= 0.6 is 0 Å². The molecule has 0 heterocycles. The van der Waals surface area contributed by atoms with E-state index in [1.165, 1.54) is 17.0 Å². The molecule has 1 aromatic rings. The highest BCUT2D eigenvalue weighted by Gasteiger charge is 2.63. The number of primary amides is 1. The first kappa shape index (κ1) is 26.3. The van der Waals surface area contributed by atoms with Crippen LogP contribution in [-0.4, -0.2) is 86.2 Å². The maximum absolute atomic E-state index is 13.6. The van der Waals surface area contributed by atoms with Gasteiger partial charge in [0.25, 0.3) is 5.91 Å². The van der Waals surface area contributed by atoms with E-state index in [0.29, 0.717) is 11.1 Å². The molecule has 198 valence electrons. The molecular formula is C24H27N3O10. The Morgan fingerprint density at radius 3 is 2.49 bits per heavy atom. The second-order valence-electron chi connectivity index (χ2n) is 9.56. The summed E-state index contributed by atoms with van der Waals surface area (Å²) in [6.45, 7) is -0.605. The van der Waals surface area contributed by atoms with E-state index in [2.05, 4.69) is 5.48 Å². The van der Waals surface area contributed by atoms with E-state index in [1.54, 1.807) is 14.1 Å². The number of rotatable bonds is 7. The van der Waals surface area contributed by atoms with Gasteiger partial charge in [0.05, 0.1) is 11.6 Å². The zero-order valence-electron chi connectivity index (χ0n) is 20.0. The van der Waals surface area contributed by atoms with E-state index in [-0.39, 0.29) is 36.3 Å². The Bertz CT molecular complexity index is 1280. The summed E-state index contributed by atoms with van der Waals surface area (Å²) < 4.78 is 0. The number of likely N-dealkylation sites (N-methyl/N-ethyl adjacent to an activating group) is 1. The van der Waals surface area contributed by atoms with Crippen molar-refractivity contribution >= 4 is 23.4 Å². The summed E-state index contributed by atoms with van der Waals surface area (Å²) in [5.41, 5.74) is 4.76. The van der Waals surface area contributed by atoms with Gasteiger partial charge in [-0.15, -0.1) is 0 Å². The number of ketones is 2. The maximum atomic E-state index is 13.6. The Hall–Kier alpha value is -3.78. The summed E-state index contributed by atoms with van der Waals surface area (Å²) in [6.07, 6.45) is 0.0721. The largest absolute Gasteiger partial charge is 0.510 e. The zero-order chi connectivity index (χ0) is 27.4. The Morgan fingerprint density at radius 2 is 1.89 bits per heavy atom. The number of hydrogen-bond acceptors (Lipinski definition) is 11. The van der Waals surface area contributed by atoms with Crippen molar-refractivity contribution in [2.75, 3.05) is 20.7 Å². The highest BCUT2D eigenvalue weighted by molar-refractivity contribution is 6.24. The number of benzene rings is 1. The lowest BCUT2D eigenvalue weighted by Crippen LogP contribution is -2.63. The Labute approximate surface area is 210 Å². The van der Waals surface area contributed by atoms with Crippen molar-refractivity contribution in [1.82, 2.24) is 10.4 Å². The number of aliphatic carboxylic acids is 1. The molecule has 0 saturated carbocycles. The molecule has 0 unspecified atom stereocenters. The molecule has 0 fully saturated rings. The summed E-state index contributed by atoms with van der Waals surface area (Å²) in [6, 6.07) is 1.70. The number of carbonyl (C=O) groups is 4. The Morgan fingerprint density at radius 1 is 1.22 bits per heavy atom. The van der Waals surface area contributed by atoms with Gasteiger partial charge in [0.2, 0.25) is 5.78 Å². The monoisotopic (exact) mass is 517 g/mol. The highest BCUT2D eigenvalue weighted by atomic mass is 16.7. The molecule has 0 spiro atoms. The first-order chi connectivity index (χ1) is 17.3. The topological polar surface area (TPSA) is 220 Å². The van der Waals surface area contributed by atoms with Crippen LogP contribution in [0.2, 0.25) is 0 Å². The minimum Gasteiger partial charge on any atom is -0.510 e. The van der Waals surface area contributed by atoms with Gasteiger partial charge >= 0.3 is 5.97 Å². The summed E-state index contributed by atoms with van der Waals surface area (Å²) in [7, 11) is 3.10. The van der Waals surface area contributed by atoms with Crippen LogP contribution in [0.1, 0.15) is 27.9 Å². The number of carbonyl (C=O) groups excluding carboxylic acids is 3. The minimum absolute atomic E-state index is 0.00139. The smallest absolute Gasteiger partial charge is 0.331 e. The second kappa shape index (κ2) is 9.27. The zero-order valence-corrected chi connectivity index (χ0v) is 20.0. The van der Waals surface area contributed by atoms with Gasteiger partial charge < -0.3 is 31.3 Å². The average molecular weight is 517 g/mol. The summed E-state index contributed by atoms with van der Waals surface area (Å²) in [5.74, 6) is -8.42. The van der Waals surface area contributed by atoms with Crippen LogP contribution in [0.15, 0.2) is 34.8 Å². The lowest BCUT2D eigenvalue weighted by molar-refractivity contribution is -0.148. The molecule has 37 heavy (non-hydrogen) atoms. The molecule has 1 aromatic carbocycles. The van der Waals surface area contributed by atoms with Crippen molar-refractivity contribution in [3.05, 3.63) is 51.5 Å². The predicted molar refractivity (Wildman–Crippen MR) is 124 cm³/mol. The van der Waals surface area contributed by atoms with Crippen LogP contribution in [0.4, 0.5) is 0 Å². The van der Waals surface area contributed by atoms with Crippen molar-refractivity contribution in [3.8, 4) is 5.75 Å². The van der Waals surface area contributed by atoms with Crippen molar-refractivity contribution < 1.29 is 49.5 Å². The third-order valence-corrected chi connectivity index (χ3v) is 7.26. The minimum atomic E-state index is -2.70. The first-order valence-electron chi connectivity index (χ1n) is 11.4. The average Bonchev–Trinajstić information content (AvgIpc) is 2.79. The van der Waals surface area contributed by atoms with Gasteiger partial charge in [0, 0.05) is 18.0 Å². The lowest BCUT2D eigenvalue weighted by atomic mass is 9.58. The molecule has 4 rings (SSSR count). The molecule has 13 nitrogen and oxygen atoms in total. The standard InChI is InChI=1S/C24H27N3O10/c1-27(2)18-12-6-10-5-11-9(7-26-37-8-14(29)30)3-4-13(28)16(11)19(31)15(10)21(33)24(12,36)22(34)17(20(18)32)23(25)35/h3-4,10,12,18,26,28,32-33,36H,5-8H2,1-2H3,(H2,25,35)(H,29,30)/t10-,12-,18-,24-/m0/s1. The van der Waals surface area contributed by atoms with Gasteiger partial charge in [-0.1, -0.05) is 6.07 Å². The Kier molecular flexibility index (Phi) is 6.58. The molecule has 0 bridgehead atoms. The van der Waals surface area contributed by atoms with Crippen LogP contribution in [0, 0.1) is 11.8 Å². The van der Waals surface area contributed by atoms with E-state index >= 15 is 0 Å². The molecule has 13 heteroatoms. The molecule has 0 aromatic heterocycles. The number of nitrogens with zero attached hydrogens (tertiary/aromatic N) is 1. The SMILES string of the molecule is CN(C)[C@@H]1C(O)=C(C(N)=O)C(=O)[C@@]2(O)C(O)=C3C(=O)c4c(O)ccc(CNOCC(=O)O)c4C[C@H]3C[C@@H]12. The number of carboxylic acids is 1. The predicted octanol–water partition coefficient (Wildman–Crippen LogP) is -0.774. The van der Waals surface area contributed by atoms with Gasteiger partial charge in [-0.2, -0.15) is 5.48 Å². The number of hydrogen-bond donors (Lipinski definition) is 7. The molecule has 1 amide bonds. The Balaban J connectivity index is 1.82. The van der Waals surface area contributed by atoms with Crippen molar-refractivity contribution in [2.24, 2.45) is 17.6 Å². The fourth-order valence-electron chi connectivity index (χ4n) is 5.72. The highest BCUT2D eigenvalue weighted by Crippen LogP contribution is 2.52. The molecule has 3 aliphatic carbocycles. The van der Waals surface area contributed by atoms with E-state index in [4.69, 9.17) is 15.7 Å². The van der Waals surface area contributed by atoms with E-state index in [9.17, 15) is 39.6 Å². The van der Waals surface area contributed by atoms with E-state index < -0.39 is 70.6 Å². The number of carboxylic acid groups (broad SMARTS) is 1. The number of amides is 1. The number of hydroxylamine groups is 1. The molecular weight excluding hydrogens is 490 g/mol. The summed E-state index contributed by atoms with van der Waals surface area (Å²) >= 11 is 0. The van der Waals surface area contributed by atoms with Crippen LogP contribution < -0.4 is 11.2 Å². The number of aliphatic hydroxyl groups is 3. The third-order valence-electron chi connectivity index (χ3n) is 7.26. The van der Waals surface area contributed by atoms with Crippen LogP contribution in [0.5, 0.6) is 5.75 Å². The van der Waals surface area contributed by atoms with Gasteiger partial charge in [-0.3, -0.25) is 24.1 Å². The van der Waals surface area contributed by atoms with Gasteiger partial charge in [-0.05, 0) is 50.0 Å². The van der Waals surface area contributed by atoms with Crippen molar-refractivity contribution in [3.63, 3.8) is 0 Å². The number of Topliss-reactive ketones (excluding diaryl/α,β-unsaturated/α-hetero) is 2. The van der Waals surface area contributed by atoms with Crippen molar-refractivity contribution in [1.29, 1.82) is 0 Å². The number of nitrogens with one attached hydrogen (secondary N) is 1. The number of phenolic OH excluding ortho intramolecular Hbond substituents is 1. The third kappa shape index (κ3) is 3.96. The van der Waals surface area contributed by atoms with Crippen molar-refractivity contribution in [2.45, 2.75) is 31.0 Å². The molecule has 0 saturated heterocycles. The van der Waals surface area contributed by atoms with Crippen LogP contribution in [0.25, 0.3) is 0 Å².